The molecule has 0 radical (unpaired) electrons. The van der Waals surface area contributed by atoms with Crippen LogP contribution in [0.4, 0.5) is 5.69 Å². The molecule has 1 fully saturated rings. The minimum Gasteiger partial charge on any atom is -0.468 e. The molecule has 8 nitrogen and oxygen atoms in total. The number of carbonyl (C=O) groups excluding carboxylic acids is 2. The van der Waals surface area contributed by atoms with E-state index in [-0.39, 0.29) is 22.6 Å². The van der Waals surface area contributed by atoms with Crippen molar-refractivity contribution >= 4 is 27.4 Å². The Balaban J connectivity index is 1.38. The van der Waals surface area contributed by atoms with E-state index in [1.807, 2.05) is 12.1 Å². The molecule has 1 atom stereocenters. The second-order valence-electron chi connectivity index (χ2n) is 8.25. The first-order valence-corrected chi connectivity index (χ1v) is 12.6. The molecule has 2 heterocycles. The monoisotopic (exact) mass is 481 g/mol. The topological polar surface area (TPSA) is 109 Å². The largest absolute Gasteiger partial charge is 0.468 e. The van der Waals surface area contributed by atoms with Crippen LogP contribution in [0.3, 0.4) is 0 Å². The van der Waals surface area contributed by atoms with Gasteiger partial charge in [0.25, 0.3) is 15.9 Å². The minimum atomic E-state index is -3.82. The van der Waals surface area contributed by atoms with E-state index in [1.165, 1.54) is 31.2 Å². The van der Waals surface area contributed by atoms with Crippen LogP contribution in [0.15, 0.2) is 76.2 Å². The number of nitrogens with zero attached hydrogens (tertiary/aromatic N) is 1. The first kappa shape index (κ1) is 23.7. The van der Waals surface area contributed by atoms with Gasteiger partial charge in [0, 0.05) is 23.4 Å². The molecule has 1 aliphatic rings. The summed E-state index contributed by atoms with van der Waals surface area (Å²) in [6.07, 6.45) is 3.89. The van der Waals surface area contributed by atoms with Crippen LogP contribution in [0, 0.1) is 0 Å². The maximum Gasteiger partial charge on any atom is 0.261 e. The highest BCUT2D eigenvalue weighted by Crippen LogP contribution is 2.25. The molecule has 1 saturated heterocycles. The average molecular weight is 482 g/mol. The number of nitrogens with one attached hydrogen (secondary N) is 2. The number of rotatable bonds is 9. The number of benzene rings is 2. The van der Waals surface area contributed by atoms with Crippen molar-refractivity contribution in [2.75, 3.05) is 24.4 Å². The fourth-order valence-electron chi connectivity index (χ4n) is 4.01. The Morgan fingerprint density at radius 3 is 2.21 bits per heavy atom. The molecule has 3 aromatic rings. The number of furan rings is 1. The number of ketones is 1. The maximum atomic E-state index is 12.7. The van der Waals surface area contributed by atoms with E-state index in [2.05, 4.69) is 14.9 Å². The molecule has 1 amide bonds. The quantitative estimate of drug-likeness (QED) is 0.450. The Labute approximate surface area is 199 Å². The van der Waals surface area contributed by atoms with Crippen molar-refractivity contribution in [3.63, 3.8) is 0 Å². The first-order valence-electron chi connectivity index (χ1n) is 11.1. The Hall–Kier alpha value is -3.43. The van der Waals surface area contributed by atoms with Gasteiger partial charge in [0.2, 0.25) is 0 Å². The minimum absolute atomic E-state index is 0.0260. The van der Waals surface area contributed by atoms with E-state index in [9.17, 15) is 18.0 Å². The molecule has 1 aliphatic heterocycles. The molecule has 2 N–H and O–H groups in total. The lowest BCUT2D eigenvalue weighted by Crippen LogP contribution is -2.36. The van der Waals surface area contributed by atoms with Gasteiger partial charge in [-0.2, -0.15) is 0 Å². The number of likely N-dealkylation sites (tertiary alicyclic amines) is 1. The molecule has 34 heavy (non-hydrogen) atoms. The van der Waals surface area contributed by atoms with Crippen molar-refractivity contribution in [3.8, 4) is 0 Å². The van der Waals surface area contributed by atoms with Crippen molar-refractivity contribution in [1.29, 1.82) is 0 Å². The summed E-state index contributed by atoms with van der Waals surface area (Å²) in [5.74, 6) is 0.440. The standard InChI is InChI=1S/C25H27N3O5S/c1-18(29)19-8-12-22(13-9-19)34(31,32)27-21-10-6-20(7-11-21)25(30)26-17-23(24-5-4-16-33-24)28-14-2-3-15-28/h4-13,16,23,27H,2-3,14-15,17H2,1H3,(H,26,30)/t23-/m0/s1. The zero-order valence-corrected chi connectivity index (χ0v) is 19.7. The van der Waals surface area contributed by atoms with Gasteiger partial charge in [-0.05, 0) is 81.4 Å². The van der Waals surface area contributed by atoms with Gasteiger partial charge in [-0.15, -0.1) is 0 Å². The van der Waals surface area contributed by atoms with E-state index in [0.717, 1.165) is 31.7 Å². The molecule has 0 saturated carbocycles. The van der Waals surface area contributed by atoms with Crippen molar-refractivity contribution in [3.05, 3.63) is 83.8 Å². The summed E-state index contributed by atoms with van der Waals surface area (Å²) in [7, 11) is -3.82. The lowest BCUT2D eigenvalue weighted by molar-refractivity contribution is 0.0933. The van der Waals surface area contributed by atoms with Gasteiger partial charge in [-0.25, -0.2) is 8.42 Å². The second-order valence-corrected chi connectivity index (χ2v) is 9.93. The zero-order chi connectivity index (χ0) is 24.1. The van der Waals surface area contributed by atoms with Gasteiger partial charge in [0.1, 0.15) is 5.76 Å². The lowest BCUT2D eigenvalue weighted by Gasteiger charge is -2.26. The third-order valence-electron chi connectivity index (χ3n) is 5.88. The summed E-state index contributed by atoms with van der Waals surface area (Å²) in [5.41, 5.74) is 1.19. The third-order valence-corrected chi connectivity index (χ3v) is 7.28. The summed E-state index contributed by atoms with van der Waals surface area (Å²) in [6.45, 7) is 3.77. The Morgan fingerprint density at radius 2 is 1.62 bits per heavy atom. The molecular formula is C25H27N3O5S. The van der Waals surface area contributed by atoms with Gasteiger partial charge < -0.3 is 9.73 Å². The normalized spacial score (nSPS) is 15.1. The predicted octanol–water partition coefficient (Wildman–Crippen LogP) is 3.85. The molecular weight excluding hydrogens is 454 g/mol. The van der Waals surface area contributed by atoms with E-state index < -0.39 is 10.0 Å². The molecule has 9 heteroatoms. The molecule has 0 aliphatic carbocycles. The molecule has 0 bridgehead atoms. The van der Waals surface area contributed by atoms with Crippen molar-refractivity contribution in [2.45, 2.75) is 30.7 Å². The van der Waals surface area contributed by atoms with Gasteiger partial charge >= 0.3 is 0 Å². The van der Waals surface area contributed by atoms with Crippen molar-refractivity contribution < 1.29 is 22.4 Å². The van der Waals surface area contributed by atoms with Crippen LogP contribution < -0.4 is 10.0 Å². The predicted molar refractivity (Wildman–Crippen MR) is 128 cm³/mol. The number of Topliss-reactive ketones (excluding diaryl/α,β-unsaturated/α-hetero) is 1. The second kappa shape index (κ2) is 10.2. The average Bonchev–Trinajstić information content (AvgIpc) is 3.55. The van der Waals surface area contributed by atoms with Crippen molar-refractivity contribution in [2.24, 2.45) is 0 Å². The SMILES string of the molecule is CC(=O)c1ccc(S(=O)(=O)Nc2ccc(C(=O)NC[C@@H](c3ccco3)N3CCCC3)cc2)cc1. The molecule has 0 unspecified atom stereocenters. The molecule has 0 spiro atoms. The van der Waals surface area contributed by atoms with Crippen molar-refractivity contribution in [1.82, 2.24) is 10.2 Å². The van der Waals surface area contributed by atoms with Gasteiger partial charge in [-0.3, -0.25) is 19.2 Å². The summed E-state index contributed by atoms with van der Waals surface area (Å²) in [5, 5.41) is 2.97. The summed E-state index contributed by atoms with van der Waals surface area (Å²) in [6, 6.07) is 15.7. The van der Waals surface area contributed by atoms with E-state index >= 15 is 0 Å². The lowest BCUT2D eigenvalue weighted by atomic mass is 10.1. The number of hydrogen-bond donors (Lipinski definition) is 2. The molecule has 4 rings (SSSR count). The fraction of sp³-hybridized carbons (Fsp3) is 0.280. The number of amides is 1. The van der Waals surface area contributed by atoms with Gasteiger partial charge in [-0.1, -0.05) is 12.1 Å². The maximum absolute atomic E-state index is 12.7. The fourth-order valence-corrected chi connectivity index (χ4v) is 5.07. The number of carbonyl (C=O) groups is 2. The van der Waals surface area contributed by atoms with Crippen LogP contribution in [0.25, 0.3) is 0 Å². The highest BCUT2D eigenvalue weighted by atomic mass is 32.2. The number of hydrogen-bond acceptors (Lipinski definition) is 6. The number of anilines is 1. The first-order chi connectivity index (χ1) is 16.3. The molecule has 178 valence electrons. The van der Waals surface area contributed by atoms with Crippen LogP contribution in [0.2, 0.25) is 0 Å². The summed E-state index contributed by atoms with van der Waals surface area (Å²) >= 11 is 0. The molecule has 1 aromatic heterocycles. The summed E-state index contributed by atoms with van der Waals surface area (Å²) < 4.78 is 33.3. The van der Waals surface area contributed by atoms with E-state index in [1.54, 1.807) is 30.5 Å². The van der Waals surface area contributed by atoms with Gasteiger partial charge in [0.15, 0.2) is 5.78 Å². The van der Waals surface area contributed by atoms with Crippen LogP contribution in [-0.2, 0) is 10.0 Å². The summed E-state index contributed by atoms with van der Waals surface area (Å²) in [4.78, 5) is 26.5. The highest BCUT2D eigenvalue weighted by molar-refractivity contribution is 7.92. The number of sulfonamides is 1. The Morgan fingerprint density at radius 1 is 0.971 bits per heavy atom. The molecule has 2 aromatic carbocycles. The smallest absolute Gasteiger partial charge is 0.261 e. The van der Waals surface area contributed by atoms with Crippen LogP contribution in [0.1, 0.15) is 52.3 Å². The Bertz CT molecular complexity index is 1230. The van der Waals surface area contributed by atoms with E-state index in [4.69, 9.17) is 4.42 Å². The zero-order valence-electron chi connectivity index (χ0n) is 18.9. The Kier molecular flexibility index (Phi) is 7.14. The van der Waals surface area contributed by atoms with Crippen LogP contribution in [-0.4, -0.2) is 44.6 Å². The van der Waals surface area contributed by atoms with E-state index in [0.29, 0.717) is 23.4 Å². The van der Waals surface area contributed by atoms with Crippen LogP contribution >= 0.6 is 0 Å². The van der Waals surface area contributed by atoms with Gasteiger partial charge in [0.05, 0.1) is 17.2 Å². The highest BCUT2D eigenvalue weighted by Gasteiger charge is 2.26. The van der Waals surface area contributed by atoms with Crippen LogP contribution in [0.5, 0.6) is 0 Å². The third kappa shape index (κ3) is 5.55.